The number of rotatable bonds is 4. The summed E-state index contributed by atoms with van der Waals surface area (Å²) in [6.07, 6.45) is 0.525. The van der Waals surface area contributed by atoms with Crippen molar-refractivity contribution in [3.05, 3.63) is 0 Å². The highest BCUT2D eigenvalue weighted by Gasteiger charge is 2.29. The third-order valence-corrected chi connectivity index (χ3v) is 4.82. The van der Waals surface area contributed by atoms with Crippen molar-refractivity contribution in [2.45, 2.75) is 38.5 Å². The van der Waals surface area contributed by atoms with Gasteiger partial charge in [-0.15, -0.1) is 0 Å². The van der Waals surface area contributed by atoms with Gasteiger partial charge in [0.25, 0.3) is 0 Å². The van der Waals surface area contributed by atoms with Crippen LogP contribution < -0.4 is 5.32 Å². The number of urea groups is 1. The normalized spacial score (nSPS) is 25.6. The first-order chi connectivity index (χ1) is 8.47. The lowest BCUT2D eigenvalue weighted by Crippen LogP contribution is -2.52. The highest BCUT2D eigenvalue weighted by Crippen LogP contribution is 2.24. The minimum Gasteiger partial charge on any atom is -0.481 e. The van der Waals surface area contributed by atoms with Gasteiger partial charge in [-0.2, -0.15) is 11.8 Å². The number of hydrogen-bond donors (Lipinski definition) is 2. The number of thioether (sulfide) groups is 1. The number of hydrogen-bond acceptors (Lipinski definition) is 3. The Morgan fingerprint density at radius 1 is 1.50 bits per heavy atom. The molecular weight excluding hydrogens is 252 g/mol. The van der Waals surface area contributed by atoms with E-state index in [-0.39, 0.29) is 18.6 Å². The first-order valence-corrected chi connectivity index (χ1v) is 7.41. The van der Waals surface area contributed by atoms with Gasteiger partial charge < -0.3 is 15.3 Å². The van der Waals surface area contributed by atoms with Gasteiger partial charge in [-0.25, -0.2) is 4.79 Å². The summed E-state index contributed by atoms with van der Waals surface area (Å²) in [6.45, 7) is 6.89. The molecule has 0 saturated carbocycles. The third kappa shape index (κ3) is 3.80. The second-order valence-electron chi connectivity index (χ2n) is 4.64. The van der Waals surface area contributed by atoms with Crippen molar-refractivity contribution in [3.8, 4) is 0 Å². The molecule has 0 aromatic rings. The van der Waals surface area contributed by atoms with Crippen LogP contribution in [0.2, 0.25) is 0 Å². The van der Waals surface area contributed by atoms with Crippen molar-refractivity contribution in [3.63, 3.8) is 0 Å². The first-order valence-electron chi connectivity index (χ1n) is 6.36. The molecule has 2 amide bonds. The lowest BCUT2D eigenvalue weighted by molar-refractivity contribution is -0.141. The molecule has 1 saturated heterocycles. The van der Waals surface area contributed by atoms with E-state index in [2.05, 4.69) is 12.2 Å². The molecule has 5 nitrogen and oxygen atoms in total. The predicted octanol–water partition coefficient (Wildman–Crippen LogP) is 1.63. The molecule has 0 aromatic heterocycles. The molecule has 0 radical (unpaired) electrons. The van der Waals surface area contributed by atoms with E-state index in [9.17, 15) is 9.59 Å². The van der Waals surface area contributed by atoms with Crippen molar-refractivity contribution < 1.29 is 14.7 Å². The molecule has 18 heavy (non-hydrogen) atoms. The van der Waals surface area contributed by atoms with E-state index in [1.807, 2.05) is 25.6 Å². The van der Waals surface area contributed by atoms with Gasteiger partial charge in [0.05, 0.1) is 5.92 Å². The summed E-state index contributed by atoms with van der Waals surface area (Å²) >= 11 is 1.87. The molecule has 3 atom stereocenters. The maximum Gasteiger partial charge on any atom is 0.317 e. The minimum absolute atomic E-state index is 0.144. The van der Waals surface area contributed by atoms with Crippen LogP contribution in [0, 0.1) is 5.92 Å². The summed E-state index contributed by atoms with van der Waals surface area (Å²) in [4.78, 5) is 24.7. The Kier molecular flexibility index (Phi) is 5.78. The number of carbonyl (C=O) groups excluding carboxylic acids is 1. The van der Waals surface area contributed by atoms with Gasteiger partial charge in [-0.1, -0.05) is 13.8 Å². The van der Waals surface area contributed by atoms with Gasteiger partial charge >= 0.3 is 12.0 Å². The molecule has 3 unspecified atom stereocenters. The predicted molar refractivity (Wildman–Crippen MR) is 72.9 cm³/mol. The molecular formula is C12H22N2O3S. The summed E-state index contributed by atoms with van der Waals surface area (Å²) < 4.78 is 0. The third-order valence-electron chi connectivity index (χ3n) is 3.49. The van der Waals surface area contributed by atoms with Crippen LogP contribution in [0.5, 0.6) is 0 Å². The largest absolute Gasteiger partial charge is 0.481 e. The molecule has 1 heterocycles. The van der Waals surface area contributed by atoms with E-state index < -0.39 is 11.9 Å². The fourth-order valence-electron chi connectivity index (χ4n) is 1.94. The first kappa shape index (κ1) is 15.1. The molecule has 2 N–H and O–H groups in total. The maximum absolute atomic E-state index is 12.0. The van der Waals surface area contributed by atoms with Crippen molar-refractivity contribution in [2.75, 3.05) is 18.8 Å². The quantitative estimate of drug-likeness (QED) is 0.817. The van der Waals surface area contributed by atoms with Gasteiger partial charge in [0, 0.05) is 30.1 Å². The Morgan fingerprint density at radius 2 is 2.17 bits per heavy atom. The lowest BCUT2D eigenvalue weighted by Gasteiger charge is -2.37. The number of carbonyl (C=O) groups is 2. The van der Waals surface area contributed by atoms with Crippen LogP contribution in [-0.4, -0.2) is 52.1 Å². The fraction of sp³-hybridized carbons (Fsp3) is 0.833. The zero-order valence-corrected chi connectivity index (χ0v) is 12.0. The van der Waals surface area contributed by atoms with Crippen LogP contribution in [0.3, 0.4) is 0 Å². The van der Waals surface area contributed by atoms with Crippen LogP contribution in [0.1, 0.15) is 27.2 Å². The van der Waals surface area contributed by atoms with E-state index >= 15 is 0 Å². The minimum atomic E-state index is -0.853. The van der Waals surface area contributed by atoms with Crippen LogP contribution in [-0.2, 0) is 4.79 Å². The monoisotopic (exact) mass is 274 g/mol. The fourth-order valence-corrected chi connectivity index (χ4v) is 3.04. The standard InChI is InChI=1S/C12H22N2O3S/c1-4-10(11(15)16)7-13-12(17)14-5-6-18-9(3)8(14)2/h8-10H,4-7H2,1-3H3,(H,13,17)(H,15,16). The van der Waals surface area contributed by atoms with E-state index in [1.54, 1.807) is 4.90 Å². The number of carboxylic acids is 1. The molecule has 0 aliphatic carbocycles. The average Bonchev–Trinajstić information content (AvgIpc) is 2.32. The van der Waals surface area contributed by atoms with Crippen LogP contribution in [0.15, 0.2) is 0 Å². The zero-order valence-electron chi connectivity index (χ0n) is 11.2. The Hall–Kier alpha value is -0.910. The van der Waals surface area contributed by atoms with Gasteiger partial charge in [-0.05, 0) is 13.3 Å². The molecule has 1 rings (SSSR count). The second kappa shape index (κ2) is 6.87. The van der Waals surface area contributed by atoms with E-state index in [4.69, 9.17) is 5.11 Å². The number of aliphatic carboxylic acids is 1. The topological polar surface area (TPSA) is 69.6 Å². The van der Waals surface area contributed by atoms with Crippen LogP contribution in [0.4, 0.5) is 4.79 Å². The molecule has 6 heteroatoms. The Bertz CT molecular complexity index is 312. The Labute approximate surface area is 112 Å². The highest BCUT2D eigenvalue weighted by molar-refractivity contribution is 8.00. The molecule has 1 fully saturated rings. The van der Waals surface area contributed by atoms with Crippen LogP contribution >= 0.6 is 11.8 Å². The average molecular weight is 274 g/mol. The van der Waals surface area contributed by atoms with Crippen molar-refractivity contribution >= 4 is 23.8 Å². The summed E-state index contributed by atoms with van der Waals surface area (Å²) in [7, 11) is 0. The number of amides is 2. The van der Waals surface area contributed by atoms with E-state index in [0.717, 1.165) is 12.3 Å². The summed E-state index contributed by atoms with van der Waals surface area (Å²) in [6, 6.07) is 0.0444. The highest BCUT2D eigenvalue weighted by atomic mass is 32.2. The van der Waals surface area contributed by atoms with Crippen LogP contribution in [0.25, 0.3) is 0 Å². The molecule has 1 aliphatic heterocycles. The van der Waals surface area contributed by atoms with Gasteiger partial charge in [0.15, 0.2) is 0 Å². The molecule has 104 valence electrons. The van der Waals surface area contributed by atoms with Crippen molar-refractivity contribution in [2.24, 2.45) is 5.92 Å². The molecule has 0 bridgehead atoms. The molecule has 0 aromatic carbocycles. The number of carboxylic acid groups (broad SMARTS) is 1. The zero-order chi connectivity index (χ0) is 13.7. The van der Waals surface area contributed by atoms with E-state index in [0.29, 0.717) is 11.7 Å². The maximum atomic E-state index is 12.0. The Morgan fingerprint density at radius 3 is 2.72 bits per heavy atom. The number of nitrogens with zero attached hydrogens (tertiary/aromatic N) is 1. The van der Waals surface area contributed by atoms with Gasteiger partial charge in [0.1, 0.15) is 0 Å². The van der Waals surface area contributed by atoms with E-state index in [1.165, 1.54) is 0 Å². The second-order valence-corrected chi connectivity index (χ2v) is 6.12. The Balaban J connectivity index is 2.47. The summed E-state index contributed by atoms with van der Waals surface area (Å²) in [5, 5.41) is 12.1. The lowest BCUT2D eigenvalue weighted by atomic mass is 10.1. The van der Waals surface area contributed by atoms with Gasteiger partial charge in [-0.3, -0.25) is 4.79 Å². The van der Waals surface area contributed by atoms with Gasteiger partial charge in [0.2, 0.25) is 0 Å². The summed E-state index contributed by atoms with van der Waals surface area (Å²) in [5.74, 6) is -0.413. The van der Waals surface area contributed by atoms with Crippen molar-refractivity contribution in [1.82, 2.24) is 10.2 Å². The molecule has 1 aliphatic rings. The summed E-state index contributed by atoms with van der Waals surface area (Å²) in [5.41, 5.74) is 0. The molecule has 0 spiro atoms. The SMILES string of the molecule is CCC(CNC(=O)N1CCSC(C)C1C)C(=O)O. The number of nitrogens with one attached hydrogen (secondary N) is 1. The van der Waals surface area contributed by atoms with Crippen molar-refractivity contribution in [1.29, 1.82) is 0 Å². The smallest absolute Gasteiger partial charge is 0.317 e.